The summed E-state index contributed by atoms with van der Waals surface area (Å²) in [4.78, 5) is 17.8. The molecule has 0 radical (unpaired) electrons. The predicted octanol–water partition coefficient (Wildman–Crippen LogP) is 1.64. The van der Waals surface area contributed by atoms with E-state index in [4.69, 9.17) is 11.6 Å². The van der Waals surface area contributed by atoms with Crippen LogP contribution in [0, 0.1) is 0 Å². The highest BCUT2D eigenvalue weighted by Gasteiger charge is 2.14. The molecule has 100 valence electrons. The average molecular weight is 288 g/mol. The molecule has 0 saturated carbocycles. The van der Waals surface area contributed by atoms with Gasteiger partial charge in [-0.2, -0.15) is 0 Å². The first kappa shape index (κ1) is 13.8. The Hall–Kier alpha value is -0.650. The second-order valence-electron chi connectivity index (χ2n) is 4.45. The Balaban J connectivity index is 1.62. The number of nitrogens with zero attached hydrogens (tertiary/aromatic N) is 2. The summed E-state index contributed by atoms with van der Waals surface area (Å²) in [5, 5.41) is 6.03. The van der Waals surface area contributed by atoms with E-state index in [0.717, 1.165) is 44.6 Å². The molecule has 4 nitrogen and oxygen atoms in total. The molecular formula is C12H18ClN3OS. The molecule has 1 N–H and O–H groups in total. The maximum Gasteiger partial charge on any atom is 0.234 e. The average Bonchev–Trinajstić information content (AvgIpc) is 2.83. The van der Waals surface area contributed by atoms with Crippen molar-refractivity contribution in [1.82, 2.24) is 15.2 Å². The Morgan fingerprint density at radius 1 is 1.50 bits per heavy atom. The number of aromatic nitrogens is 1. The molecule has 2 rings (SSSR count). The van der Waals surface area contributed by atoms with Crippen molar-refractivity contribution in [2.45, 2.75) is 25.1 Å². The fraction of sp³-hybridized carbons (Fsp3) is 0.667. The number of hydrogen-bond acceptors (Lipinski definition) is 4. The number of alkyl halides is 1. The van der Waals surface area contributed by atoms with Crippen LogP contribution in [0.25, 0.3) is 0 Å². The summed E-state index contributed by atoms with van der Waals surface area (Å²) in [7, 11) is 0. The quantitative estimate of drug-likeness (QED) is 0.639. The predicted molar refractivity (Wildman–Crippen MR) is 74.1 cm³/mol. The lowest BCUT2D eigenvalue weighted by Gasteiger charge is -2.26. The molecule has 1 aromatic heterocycles. The molecule has 1 saturated heterocycles. The van der Waals surface area contributed by atoms with Gasteiger partial charge in [-0.1, -0.05) is 0 Å². The van der Waals surface area contributed by atoms with Crippen LogP contribution in [0.2, 0.25) is 0 Å². The zero-order valence-corrected chi connectivity index (χ0v) is 11.9. The van der Waals surface area contributed by atoms with Crippen LogP contribution in [-0.2, 0) is 17.1 Å². The van der Waals surface area contributed by atoms with Gasteiger partial charge in [-0.3, -0.25) is 9.69 Å². The Kier molecular flexibility index (Phi) is 5.41. The van der Waals surface area contributed by atoms with E-state index in [2.05, 4.69) is 15.2 Å². The van der Waals surface area contributed by atoms with Gasteiger partial charge in [0, 0.05) is 18.5 Å². The lowest BCUT2D eigenvalue weighted by atomic mass is 10.2. The molecule has 1 fully saturated rings. The van der Waals surface area contributed by atoms with Crippen molar-refractivity contribution in [3.8, 4) is 0 Å². The lowest BCUT2D eigenvalue weighted by Crippen LogP contribution is -2.47. The van der Waals surface area contributed by atoms with Crippen molar-refractivity contribution >= 4 is 28.8 Å². The minimum Gasteiger partial charge on any atom is -0.354 e. The van der Waals surface area contributed by atoms with E-state index in [1.165, 1.54) is 5.01 Å². The third kappa shape index (κ3) is 4.23. The number of rotatable bonds is 6. The SMILES string of the molecule is O=C1CN(CCCCc2nc(CCl)cs2)CCN1. The van der Waals surface area contributed by atoms with E-state index in [-0.39, 0.29) is 5.91 Å². The third-order valence-electron chi connectivity index (χ3n) is 2.97. The van der Waals surface area contributed by atoms with Crippen molar-refractivity contribution in [2.24, 2.45) is 0 Å². The standard InChI is InChI=1S/C12H18ClN3OS/c13-7-10-9-18-12(15-10)3-1-2-5-16-6-4-14-11(17)8-16/h9H,1-8H2,(H,14,17). The van der Waals surface area contributed by atoms with Crippen LogP contribution < -0.4 is 5.32 Å². The Bertz CT molecular complexity index is 396. The number of amides is 1. The minimum atomic E-state index is 0.146. The summed E-state index contributed by atoms with van der Waals surface area (Å²) in [6.45, 7) is 3.30. The number of hydrogen-bond donors (Lipinski definition) is 1. The topological polar surface area (TPSA) is 45.2 Å². The van der Waals surface area contributed by atoms with Crippen LogP contribution in [-0.4, -0.2) is 42.0 Å². The van der Waals surface area contributed by atoms with Crippen molar-refractivity contribution in [3.05, 3.63) is 16.1 Å². The van der Waals surface area contributed by atoms with Gasteiger partial charge in [-0.25, -0.2) is 4.98 Å². The summed E-state index contributed by atoms with van der Waals surface area (Å²) < 4.78 is 0. The number of carbonyl (C=O) groups is 1. The molecule has 0 aromatic carbocycles. The zero-order valence-electron chi connectivity index (χ0n) is 10.3. The van der Waals surface area contributed by atoms with E-state index < -0.39 is 0 Å². The number of aryl methyl sites for hydroxylation is 1. The van der Waals surface area contributed by atoms with Gasteiger partial charge < -0.3 is 5.32 Å². The molecule has 1 amide bonds. The summed E-state index contributed by atoms with van der Waals surface area (Å²) in [6.07, 6.45) is 3.25. The zero-order chi connectivity index (χ0) is 12.8. The van der Waals surface area contributed by atoms with Crippen LogP contribution in [0.3, 0.4) is 0 Å². The van der Waals surface area contributed by atoms with Crippen LogP contribution >= 0.6 is 22.9 Å². The molecule has 0 unspecified atom stereocenters. The first-order valence-electron chi connectivity index (χ1n) is 6.26. The van der Waals surface area contributed by atoms with Gasteiger partial charge in [0.25, 0.3) is 0 Å². The smallest absolute Gasteiger partial charge is 0.234 e. The van der Waals surface area contributed by atoms with E-state index in [1.54, 1.807) is 11.3 Å². The first-order valence-corrected chi connectivity index (χ1v) is 7.67. The Labute approximate surface area is 116 Å². The van der Waals surface area contributed by atoms with Gasteiger partial charge in [-0.15, -0.1) is 22.9 Å². The number of halogens is 1. The monoisotopic (exact) mass is 287 g/mol. The third-order valence-corrected chi connectivity index (χ3v) is 4.20. The van der Waals surface area contributed by atoms with Crippen molar-refractivity contribution in [3.63, 3.8) is 0 Å². The number of carbonyl (C=O) groups excluding carboxylic acids is 1. The molecular weight excluding hydrogens is 270 g/mol. The molecule has 6 heteroatoms. The molecule has 2 heterocycles. The molecule has 1 aliphatic heterocycles. The van der Waals surface area contributed by atoms with Crippen LogP contribution in [0.4, 0.5) is 0 Å². The molecule has 18 heavy (non-hydrogen) atoms. The van der Waals surface area contributed by atoms with E-state index in [9.17, 15) is 4.79 Å². The highest BCUT2D eigenvalue weighted by atomic mass is 35.5. The Morgan fingerprint density at radius 3 is 3.11 bits per heavy atom. The summed E-state index contributed by atoms with van der Waals surface area (Å²) in [5.74, 6) is 0.646. The Morgan fingerprint density at radius 2 is 2.39 bits per heavy atom. The normalized spacial score (nSPS) is 16.8. The van der Waals surface area contributed by atoms with Crippen LogP contribution in [0.5, 0.6) is 0 Å². The van der Waals surface area contributed by atoms with E-state index in [0.29, 0.717) is 12.4 Å². The van der Waals surface area contributed by atoms with Crippen LogP contribution in [0.1, 0.15) is 23.5 Å². The van der Waals surface area contributed by atoms with Gasteiger partial charge in [-0.05, 0) is 25.8 Å². The molecule has 0 spiro atoms. The van der Waals surface area contributed by atoms with Crippen molar-refractivity contribution in [1.29, 1.82) is 0 Å². The second-order valence-corrected chi connectivity index (χ2v) is 5.66. The molecule has 0 aliphatic carbocycles. The van der Waals surface area contributed by atoms with Crippen molar-refractivity contribution in [2.75, 3.05) is 26.2 Å². The second kappa shape index (κ2) is 7.07. The summed E-state index contributed by atoms with van der Waals surface area (Å²) in [6, 6.07) is 0. The summed E-state index contributed by atoms with van der Waals surface area (Å²) in [5.41, 5.74) is 0.976. The number of nitrogens with one attached hydrogen (secondary N) is 1. The van der Waals surface area contributed by atoms with Gasteiger partial charge in [0.05, 0.1) is 23.1 Å². The molecule has 1 aliphatic rings. The molecule has 0 atom stereocenters. The van der Waals surface area contributed by atoms with Gasteiger partial charge in [0.1, 0.15) is 0 Å². The van der Waals surface area contributed by atoms with Gasteiger partial charge in [0.2, 0.25) is 5.91 Å². The van der Waals surface area contributed by atoms with E-state index in [1.807, 2.05) is 5.38 Å². The molecule has 0 bridgehead atoms. The fourth-order valence-corrected chi connectivity index (χ4v) is 3.09. The van der Waals surface area contributed by atoms with E-state index >= 15 is 0 Å². The number of unbranched alkanes of at least 4 members (excludes halogenated alkanes) is 1. The molecule has 1 aromatic rings. The van der Waals surface area contributed by atoms with Crippen molar-refractivity contribution < 1.29 is 4.79 Å². The maximum atomic E-state index is 11.2. The number of thiazole rings is 1. The highest BCUT2D eigenvalue weighted by molar-refractivity contribution is 7.09. The largest absolute Gasteiger partial charge is 0.354 e. The lowest BCUT2D eigenvalue weighted by molar-refractivity contribution is -0.124. The number of piperazine rings is 1. The highest BCUT2D eigenvalue weighted by Crippen LogP contribution is 2.14. The van der Waals surface area contributed by atoms with Gasteiger partial charge >= 0.3 is 0 Å². The summed E-state index contributed by atoms with van der Waals surface area (Å²) >= 11 is 7.40. The minimum absolute atomic E-state index is 0.146. The maximum absolute atomic E-state index is 11.2. The van der Waals surface area contributed by atoms with Crippen LogP contribution in [0.15, 0.2) is 5.38 Å². The van der Waals surface area contributed by atoms with Gasteiger partial charge in [0.15, 0.2) is 0 Å². The first-order chi connectivity index (χ1) is 8.78. The fourth-order valence-electron chi connectivity index (χ4n) is 2.02.